The molecule has 0 amide bonds. The van der Waals surface area contributed by atoms with Gasteiger partial charge in [-0.15, -0.1) is 0 Å². The first kappa shape index (κ1) is 24.2. The van der Waals surface area contributed by atoms with Crippen molar-refractivity contribution in [1.82, 2.24) is 0 Å². The lowest BCUT2D eigenvalue weighted by Gasteiger charge is -2.36. The molecule has 0 spiro atoms. The number of rotatable bonds is 7. The molecule has 4 rings (SSSR count). The Balaban J connectivity index is 1.75. The van der Waals surface area contributed by atoms with Crippen molar-refractivity contribution in [3.05, 3.63) is 72.0 Å². The van der Waals surface area contributed by atoms with Crippen molar-refractivity contribution in [2.75, 3.05) is 18.0 Å². The number of ether oxygens (including phenoxy) is 2. The maximum absolute atomic E-state index is 13.6. The summed E-state index contributed by atoms with van der Waals surface area (Å²) in [6.45, 7) is 3.75. The van der Waals surface area contributed by atoms with E-state index in [9.17, 15) is 21.6 Å². The van der Waals surface area contributed by atoms with Gasteiger partial charge < -0.3 is 9.47 Å². The normalized spacial score (nSPS) is 18.2. The van der Waals surface area contributed by atoms with Gasteiger partial charge in [-0.2, -0.15) is 13.2 Å². The van der Waals surface area contributed by atoms with E-state index in [-0.39, 0.29) is 6.54 Å². The van der Waals surface area contributed by atoms with Crippen LogP contribution in [0, 0.1) is 0 Å². The van der Waals surface area contributed by atoms with Crippen molar-refractivity contribution in [3.8, 4) is 5.75 Å². The van der Waals surface area contributed by atoms with E-state index < -0.39 is 32.8 Å². The Labute approximate surface area is 197 Å². The van der Waals surface area contributed by atoms with Gasteiger partial charge in [-0.25, -0.2) is 8.42 Å². The Morgan fingerprint density at radius 2 is 2.03 bits per heavy atom. The highest BCUT2D eigenvalue weighted by Crippen LogP contribution is 2.41. The molecule has 0 saturated carbocycles. The van der Waals surface area contributed by atoms with Crippen molar-refractivity contribution in [1.29, 1.82) is 0 Å². The van der Waals surface area contributed by atoms with Crippen LogP contribution in [0.1, 0.15) is 43.2 Å². The second-order valence-electron chi connectivity index (χ2n) is 8.39. The van der Waals surface area contributed by atoms with Gasteiger partial charge in [0, 0.05) is 6.42 Å². The van der Waals surface area contributed by atoms with Gasteiger partial charge >= 0.3 is 6.18 Å². The predicted molar refractivity (Wildman–Crippen MR) is 124 cm³/mol. The molecule has 0 radical (unpaired) electrons. The highest BCUT2D eigenvalue weighted by atomic mass is 32.2. The minimum absolute atomic E-state index is 0.0366. The number of hydrogen-bond acceptors (Lipinski definition) is 4. The average molecular weight is 494 g/mol. The molecular weight excluding hydrogens is 467 g/mol. The van der Waals surface area contributed by atoms with Gasteiger partial charge in [0.2, 0.25) is 0 Å². The van der Waals surface area contributed by atoms with E-state index in [2.05, 4.69) is 12.7 Å². The Morgan fingerprint density at radius 3 is 2.71 bits per heavy atom. The summed E-state index contributed by atoms with van der Waals surface area (Å²) in [5.74, 6) is 0.905. The third-order valence-corrected chi connectivity index (χ3v) is 7.86. The maximum atomic E-state index is 13.6. The summed E-state index contributed by atoms with van der Waals surface area (Å²) >= 11 is 0. The number of nitrogens with zero attached hydrogens (tertiary/aromatic N) is 1. The monoisotopic (exact) mass is 493 g/mol. The molecule has 1 aliphatic heterocycles. The molecular formula is C25H26F3NO4S. The average Bonchev–Trinajstić information content (AvgIpc) is 3.36. The zero-order valence-electron chi connectivity index (χ0n) is 18.8. The number of halogens is 3. The first-order valence-corrected chi connectivity index (χ1v) is 12.5. The Bertz CT molecular complexity index is 1220. The van der Waals surface area contributed by atoms with Gasteiger partial charge in [-0.05, 0) is 67.2 Å². The van der Waals surface area contributed by atoms with Crippen molar-refractivity contribution >= 4 is 21.3 Å². The summed E-state index contributed by atoms with van der Waals surface area (Å²) in [5.41, 5.74) is 1.32. The van der Waals surface area contributed by atoms with Crippen molar-refractivity contribution in [2.45, 2.75) is 49.3 Å². The molecule has 0 aromatic heterocycles. The topological polar surface area (TPSA) is 55.8 Å². The minimum atomic E-state index is -4.65. The first-order valence-electron chi connectivity index (χ1n) is 11.0. The highest BCUT2D eigenvalue weighted by Gasteiger charge is 2.37. The fourth-order valence-corrected chi connectivity index (χ4v) is 5.75. The number of fused-ring (bicyclic) bond motifs is 1. The summed E-state index contributed by atoms with van der Waals surface area (Å²) in [4.78, 5) is -0.416. The quantitative estimate of drug-likeness (QED) is 0.433. The molecule has 2 aromatic carbocycles. The van der Waals surface area contributed by atoms with E-state index in [0.717, 1.165) is 42.5 Å². The molecule has 9 heteroatoms. The lowest BCUT2D eigenvalue weighted by Crippen LogP contribution is -2.43. The van der Waals surface area contributed by atoms with Crippen LogP contribution in [0.2, 0.25) is 0 Å². The fraction of sp³-hybridized carbons (Fsp3) is 0.360. The van der Waals surface area contributed by atoms with Gasteiger partial charge in [0.15, 0.2) is 0 Å². The van der Waals surface area contributed by atoms with Crippen LogP contribution in [0.5, 0.6) is 5.75 Å². The molecule has 0 N–H and O–H groups in total. The second-order valence-corrected chi connectivity index (χ2v) is 10.2. The van der Waals surface area contributed by atoms with Gasteiger partial charge in [-0.3, -0.25) is 4.31 Å². The first-order chi connectivity index (χ1) is 16.1. The predicted octanol–water partition coefficient (Wildman–Crippen LogP) is 6.17. The number of anilines is 1. The van der Waals surface area contributed by atoms with Crippen LogP contribution in [-0.2, 0) is 20.9 Å². The summed E-state index contributed by atoms with van der Waals surface area (Å²) in [6, 6.07) is 9.20. The molecule has 1 heterocycles. The summed E-state index contributed by atoms with van der Waals surface area (Å²) in [6.07, 6.45) is 0.724. The number of allylic oxidation sites excluding steroid dienone is 3. The van der Waals surface area contributed by atoms with Crippen LogP contribution in [0.3, 0.4) is 0 Å². The van der Waals surface area contributed by atoms with Crippen molar-refractivity contribution in [3.63, 3.8) is 0 Å². The van der Waals surface area contributed by atoms with Crippen LogP contribution < -0.4 is 9.04 Å². The van der Waals surface area contributed by atoms with Gasteiger partial charge in [0.05, 0.1) is 35.6 Å². The zero-order valence-corrected chi connectivity index (χ0v) is 19.6. The van der Waals surface area contributed by atoms with E-state index in [1.54, 1.807) is 12.1 Å². The standard InChI is InChI=1S/C25H26F3NO4S/c1-17(32-2)10-12-21-16-29(34(30,31)22-9-5-8-20(15-22)25(26,27)28)23-14-19(11-13-24(23)33-21)18-6-3-4-7-18/h5-6,8-9,11,13-15,21H,1,3-4,7,10,12,16H2,2H3. The van der Waals surface area contributed by atoms with Gasteiger partial charge in [-0.1, -0.05) is 24.8 Å². The number of methoxy groups -OCH3 is 1. The molecule has 0 bridgehead atoms. The molecule has 182 valence electrons. The maximum Gasteiger partial charge on any atom is 0.416 e. The molecule has 1 aliphatic carbocycles. The number of sulfonamides is 1. The van der Waals surface area contributed by atoms with Crippen LogP contribution in [-0.4, -0.2) is 28.2 Å². The third-order valence-electron chi connectivity index (χ3n) is 6.09. The molecule has 2 aromatic rings. The highest BCUT2D eigenvalue weighted by molar-refractivity contribution is 7.92. The molecule has 0 saturated heterocycles. The van der Waals surface area contributed by atoms with Crippen LogP contribution in [0.4, 0.5) is 18.9 Å². The molecule has 1 unspecified atom stereocenters. The minimum Gasteiger partial charge on any atom is -0.502 e. The number of hydrogen-bond donors (Lipinski definition) is 0. The Hall–Kier alpha value is -2.94. The lowest BCUT2D eigenvalue weighted by molar-refractivity contribution is -0.137. The molecule has 2 aliphatic rings. The van der Waals surface area contributed by atoms with Crippen molar-refractivity contribution in [2.24, 2.45) is 0 Å². The van der Waals surface area contributed by atoms with Crippen molar-refractivity contribution < 1.29 is 31.1 Å². The molecule has 1 atom stereocenters. The fourth-order valence-electron chi connectivity index (χ4n) is 4.21. The van der Waals surface area contributed by atoms with Crippen LogP contribution in [0.15, 0.2) is 65.8 Å². The van der Waals surface area contributed by atoms with Gasteiger partial charge in [0.25, 0.3) is 10.0 Å². The largest absolute Gasteiger partial charge is 0.502 e. The van der Waals surface area contributed by atoms with E-state index >= 15 is 0 Å². The molecule has 5 nitrogen and oxygen atoms in total. The van der Waals surface area contributed by atoms with Crippen LogP contribution in [0.25, 0.3) is 5.57 Å². The van der Waals surface area contributed by atoms with Gasteiger partial charge in [0.1, 0.15) is 11.9 Å². The third kappa shape index (κ3) is 4.94. The van der Waals surface area contributed by atoms with E-state index in [1.165, 1.54) is 17.5 Å². The summed E-state index contributed by atoms with van der Waals surface area (Å²) in [7, 11) is -2.79. The summed E-state index contributed by atoms with van der Waals surface area (Å²) in [5, 5.41) is 0. The van der Waals surface area contributed by atoms with E-state index in [4.69, 9.17) is 9.47 Å². The van der Waals surface area contributed by atoms with Crippen LogP contribution >= 0.6 is 0 Å². The number of alkyl halides is 3. The molecule has 34 heavy (non-hydrogen) atoms. The SMILES string of the molecule is C=C(CCC1CN(S(=O)(=O)c2cccc(C(F)(F)F)c2)c2cc(C3=CCCC3)ccc2O1)OC. The summed E-state index contributed by atoms with van der Waals surface area (Å²) < 4.78 is 79.5. The Kier molecular flexibility index (Phi) is 6.66. The number of benzene rings is 2. The van der Waals surface area contributed by atoms with E-state index in [1.807, 2.05) is 6.07 Å². The smallest absolute Gasteiger partial charge is 0.416 e. The lowest BCUT2D eigenvalue weighted by atomic mass is 10.0. The molecule has 0 fully saturated rings. The van der Waals surface area contributed by atoms with E-state index in [0.29, 0.717) is 36.1 Å². The zero-order chi connectivity index (χ0) is 24.5. The second kappa shape index (κ2) is 9.37. The Morgan fingerprint density at radius 1 is 1.24 bits per heavy atom.